The maximum atomic E-state index is 12.2. The first-order valence-corrected chi connectivity index (χ1v) is 8.74. The number of hydrogen-bond donors (Lipinski definition) is 1. The Morgan fingerprint density at radius 1 is 1.23 bits per heavy atom. The van der Waals surface area contributed by atoms with Gasteiger partial charge in [-0.15, -0.1) is 0 Å². The fraction of sp³-hybridized carbons (Fsp3) is 0.350. The zero-order valence-corrected chi connectivity index (χ0v) is 16.3. The average Bonchev–Trinajstić information content (AvgIpc) is 2.61. The molecule has 0 unspecified atom stereocenters. The first kappa shape index (κ1) is 20.1. The van der Waals surface area contributed by atoms with Crippen molar-refractivity contribution in [2.45, 2.75) is 13.0 Å². The molecular formula is C20H25ClN2O3. The van der Waals surface area contributed by atoms with Crippen LogP contribution in [0, 0.1) is 6.92 Å². The minimum Gasteiger partial charge on any atom is -0.497 e. The number of rotatable bonds is 8. The number of carbonyl (C=O) groups is 1. The molecule has 2 rings (SSSR count). The molecule has 0 aliphatic heterocycles. The summed E-state index contributed by atoms with van der Waals surface area (Å²) in [5, 5.41) is 3.57. The fourth-order valence-corrected chi connectivity index (χ4v) is 2.85. The highest BCUT2D eigenvalue weighted by Gasteiger charge is 2.16. The van der Waals surface area contributed by atoms with Crippen molar-refractivity contribution >= 4 is 17.5 Å². The number of likely N-dealkylation sites (N-methyl/N-ethyl adjacent to an activating group) is 1. The van der Waals surface area contributed by atoms with Crippen LogP contribution < -0.4 is 14.8 Å². The number of amides is 1. The normalized spacial score (nSPS) is 11.9. The number of hydrogen-bond acceptors (Lipinski definition) is 4. The fourth-order valence-electron chi connectivity index (χ4n) is 2.63. The van der Waals surface area contributed by atoms with Crippen LogP contribution in [-0.2, 0) is 4.79 Å². The number of halogens is 1. The monoisotopic (exact) mass is 376 g/mol. The van der Waals surface area contributed by atoms with Crippen LogP contribution in [-0.4, -0.2) is 45.2 Å². The van der Waals surface area contributed by atoms with Gasteiger partial charge in [0.05, 0.1) is 13.2 Å². The second-order valence-corrected chi connectivity index (χ2v) is 6.70. The first-order valence-electron chi connectivity index (χ1n) is 8.36. The van der Waals surface area contributed by atoms with Gasteiger partial charge in [0.2, 0.25) is 0 Å². The lowest BCUT2D eigenvalue weighted by atomic mass is 10.1. The van der Waals surface area contributed by atoms with Gasteiger partial charge in [0.1, 0.15) is 11.5 Å². The predicted octanol–water partition coefficient (Wildman–Crippen LogP) is 3.45. The van der Waals surface area contributed by atoms with Gasteiger partial charge in [-0.3, -0.25) is 4.79 Å². The Hall–Kier alpha value is -2.24. The zero-order chi connectivity index (χ0) is 19.1. The average molecular weight is 377 g/mol. The molecule has 0 bridgehead atoms. The van der Waals surface area contributed by atoms with Crippen molar-refractivity contribution in [2.75, 3.05) is 34.4 Å². The molecule has 5 nitrogen and oxygen atoms in total. The Balaban J connectivity index is 1.92. The summed E-state index contributed by atoms with van der Waals surface area (Å²) in [6.45, 7) is 2.33. The minimum absolute atomic E-state index is 0.0336. The second kappa shape index (κ2) is 9.46. The van der Waals surface area contributed by atoms with Crippen molar-refractivity contribution in [2.24, 2.45) is 0 Å². The summed E-state index contributed by atoms with van der Waals surface area (Å²) in [4.78, 5) is 14.2. The molecule has 1 N–H and O–H groups in total. The van der Waals surface area contributed by atoms with E-state index in [9.17, 15) is 4.79 Å². The molecule has 0 fully saturated rings. The SMILES string of the molecule is COc1cccc([C@@H](CNC(=O)COc2ccc(Cl)cc2C)N(C)C)c1. The van der Waals surface area contributed by atoms with E-state index in [-0.39, 0.29) is 18.6 Å². The van der Waals surface area contributed by atoms with Crippen molar-refractivity contribution in [3.8, 4) is 11.5 Å². The number of benzene rings is 2. The van der Waals surface area contributed by atoms with Gasteiger partial charge in [-0.25, -0.2) is 0 Å². The van der Waals surface area contributed by atoms with Gasteiger partial charge in [0, 0.05) is 11.6 Å². The molecule has 1 atom stereocenters. The smallest absolute Gasteiger partial charge is 0.258 e. The number of nitrogens with one attached hydrogen (secondary N) is 1. The molecule has 0 radical (unpaired) electrons. The Kier molecular flexibility index (Phi) is 7.30. The van der Waals surface area contributed by atoms with Crippen molar-refractivity contribution in [1.82, 2.24) is 10.2 Å². The molecule has 26 heavy (non-hydrogen) atoms. The van der Waals surface area contributed by atoms with E-state index in [1.807, 2.05) is 45.3 Å². The van der Waals surface area contributed by atoms with E-state index in [0.717, 1.165) is 16.9 Å². The molecule has 2 aromatic rings. The number of nitrogens with zero attached hydrogens (tertiary/aromatic N) is 1. The van der Waals surface area contributed by atoms with Crippen LogP contribution in [0.1, 0.15) is 17.2 Å². The van der Waals surface area contributed by atoms with E-state index in [4.69, 9.17) is 21.1 Å². The van der Waals surface area contributed by atoms with Gasteiger partial charge in [0.25, 0.3) is 5.91 Å². The van der Waals surface area contributed by atoms with E-state index in [0.29, 0.717) is 17.3 Å². The minimum atomic E-state index is -0.172. The van der Waals surface area contributed by atoms with Gasteiger partial charge in [-0.05, 0) is 62.5 Å². The number of methoxy groups -OCH3 is 1. The lowest BCUT2D eigenvalue weighted by Gasteiger charge is -2.25. The number of ether oxygens (including phenoxy) is 2. The van der Waals surface area contributed by atoms with Crippen LogP contribution in [0.3, 0.4) is 0 Å². The third-order valence-electron chi connectivity index (χ3n) is 4.09. The Morgan fingerprint density at radius 2 is 2.00 bits per heavy atom. The molecule has 6 heteroatoms. The standard InChI is InChI=1S/C20H25ClN2O3/c1-14-10-16(21)8-9-19(14)26-13-20(24)22-12-18(23(2)3)15-6-5-7-17(11-15)25-4/h5-11,18H,12-13H2,1-4H3,(H,22,24)/t18-/m1/s1. The van der Waals surface area contributed by atoms with Crippen LogP contribution >= 0.6 is 11.6 Å². The van der Waals surface area contributed by atoms with Gasteiger partial charge >= 0.3 is 0 Å². The zero-order valence-electron chi connectivity index (χ0n) is 15.6. The van der Waals surface area contributed by atoms with Crippen molar-refractivity contribution in [3.63, 3.8) is 0 Å². The molecule has 0 aromatic heterocycles. The quantitative estimate of drug-likeness (QED) is 0.766. The highest BCUT2D eigenvalue weighted by atomic mass is 35.5. The summed E-state index contributed by atoms with van der Waals surface area (Å²) in [7, 11) is 5.59. The van der Waals surface area contributed by atoms with Gasteiger partial charge in [0.15, 0.2) is 6.61 Å². The molecule has 140 valence electrons. The summed E-state index contributed by atoms with van der Waals surface area (Å²) in [6.07, 6.45) is 0. The molecule has 0 saturated carbocycles. The molecule has 0 heterocycles. The summed E-state index contributed by atoms with van der Waals surface area (Å²) < 4.78 is 10.9. The molecular weight excluding hydrogens is 352 g/mol. The molecule has 0 aliphatic carbocycles. The molecule has 1 amide bonds. The predicted molar refractivity (Wildman–Crippen MR) is 104 cm³/mol. The van der Waals surface area contributed by atoms with Crippen LogP contribution in [0.25, 0.3) is 0 Å². The first-order chi connectivity index (χ1) is 12.4. The van der Waals surface area contributed by atoms with E-state index in [1.165, 1.54) is 0 Å². The third kappa shape index (κ3) is 5.64. The number of aryl methyl sites for hydroxylation is 1. The molecule has 0 aliphatic rings. The van der Waals surface area contributed by atoms with Crippen molar-refractivity contribution < 1.29 is 14.3 Å². The highest BCUT2D eigenvalue weighted by molar-refractivity contribution is 6.30. The lowest BCUT2D eigenvalue weighted by molar-refractivity contribution is -0.123. The van der Waals surface area contributed by atoms with Crippen LogP contribution in [0.15, 0.2) is 42.5 Å². The van der Waals surface area contributed by atoms with Gasteiger partial charge in [-0.1, -0.05) is 23.7 Å². The number of carbonyl (C=O) groups excluding carboxylic acids is 1. The highest BCUT2D eigenvalue weighted by Crippen LogP contribution is 2.23. The van der Waals surface area contributed by atoms with E-state index >= 15 is 0 Å². The van der Waals surface area contributed by atoms with E-state index in [2.05, 4.69) is 10.2 Å². The van der Waals surface area contributed by atoms with Crippen LogP contribution in [0.2, 0.25) is 5.02 Å². The lowest BCUT2D eigenvalue weighted by Crippen LogP contribution is -2.36. The third-order valence-corrected chi connectivity index (χ3v) is 4.33. The molecule has 2 aromatic carbocycles. The summed E-state index contributed by atoms with van der Waals surface area (Å²) in [5.74, 6) is 1.28. The Bertz CT molecular complexity index is 750. The molecule has 0 spiro atoms. The topological polar surface area (TPSA) is 50.8 Å². The maximum Gasteiger partial charge on any atom is 0.258 e. The van der Waals surface area contributed by atoms with E-state index in [1.54, 1.807) is 25.3 Å². The van der Waals surface area contributed by atoms with Crippen LogP contribution in [0.4, 0.5) is 0 Å². The second-order valence-electron chi connectivity index (χ2n) is 6.26. The summed E-state index contributed by atoms with van der Waals surface area (Å²) in [5.41, 5.74) is 1.97. The van der Waals surface area contributed by atoms with Crippen molar-refractivity contribution in [3.05, 3.63) is 58.6 Å². The summed E-state index contributed by atoms with van der Waals surface area (Å²) in [6, 6.07) is 13.2. The largest absolute Gasteiger partial charge is 0.497 e. The van der Waals surface area contributed by atoms with Gasteiger partial charge in [-0.2, -0.15) is 0 Å². The van der Waals surface area contributed by atoms with Gasteiger partial charge < -0.3 is 19.7 Å². The maximum absolute atomic E-state index is 12.2. The molecule has 0 saturated heterocycles. The van der Waals surface area contributed by atoms with Crippen molar-refractivity contribution in [1.29, 1.82) is 0 Å². The Morgan fingerprint density at radius 3 is 2.65 bits per heavy atom. The Labute approximate surface area is 159 Å². The van der Waals surface area contributed by atoms with E-state index < -0.39 is 0 Å². The van der Waals surface area contributed by atoms with Crippen LogP contribution in [0.5, 0.6) is 11.5 Å². The summed E-state index contributed by atoms with van der Waals surface area (Å²) >= 11 is 5.93.